The molecule has 2 heterocycles. The molecule has 0 fully saturated rings. The lowest BCUT2D eigenvalue weighted by atomic mass is 9.72. The topological polar surface area (TPSA) is 92.8 Å². The number of thiophene rings is 1. The normalized spacial score (nSPS) is 16.1. The van der Waals surface area contributed by atoms with Crippen molar-refractivity contribution in [3.63, 3.8) is 0 Å². The highest BCUT2D eigenvalue weighted by atomic mass is 35.5. The molecule has 0 radical (unpaired) electrons. The summed E-state index contributed by atoms with van der Waals surface area (Å²) in [6, 6.07) is 7.81. The Hall–Kier alpha value is -2.54. The molecule has 4 rings (SSSR count). The number of carbonyl (C=O) groups is 1. The first-order valence-corrected chi connectivity index (χ1v) is 14.4. The number of rotatable bonds is 7. The lowest BCUT2D eigenvalue weighted by Crippen LogP contribution is -2.26. The van der Waals surface area contributed by atoms with Gasteiger partial charge in [-0.15, -0.1) is 21.5 Å². The van der Waals surface area contributed by atoms with Crippen LogP contribution in [0, 0.1) is 29.6 Å². The third-order valence-electron chi connectivity index (χ3n) is 6.86. The number of amides is 1. The van der Waals surface area contributed by atoms with Crippen LogP contribution in [0.2, 0.25) is 5.02 Å². The lowest BCUT2D eigenvalue weighted by molar-refractivity contribution is -0.113. The minimum absolute atomic E-state index is 0.162. The van der Waals surface area contributed by atoms with Gasteiger partial charge in [0.05, 0.1) is 11.3 Å². The predicted octanol–water partition coefficient (Wildman–Crippen LogP) is 6.73. The molecule has 0 aliphatic heterocycles. The second-order valence-electron chi connectivity index (χ2n) is 10.5. The first-order chi connectivity index (χ1) is 17.5. The van der Waals surface area contributed by atoms with Gasteiger partial charge in [-0.3, -0.25) is 4.79 Å². The Morgan fingerprint density at radius 2 is 2.16 bits per heavy atom. The second kappa shape index (κ2) is 11.1. The fourth-order valence-electron chi connectivity index (χ4n) is 4.62. The quantitative estimate of drug-likeness (QED) is 0.324. The average Bonchev–Trinajstić information content (AvgIpc) is 3.37. The van der Waals surface area contributed by atoms with Crippen molar-refractivity contribution in [2.75, 3.05) is 11.1 Å². The molecule has 10 heteroatoms. The SMILES string of the molecule is Cc1cc(Cl)ccc1OC(C)c1nnc(SCC(=O)Nc2sc3c(c2C#N)CCC(C(C)(C)C)C3)n1C. The molecule has 2 atom stereocenters. The van der Waals surface area contributed by atoms with Gasteiger partial charge in [0, 0.05) is 16.9 Å². The van der Waals surface area contributed by atoms with Gasteiger partial charge in [0.25, 0.3) is 0 Å². The van der Waals surface area contributed by atoms with E-state index in [2.05, 4.69) is 42.4 Å². The summed E-state index contributed by atoms with van der Waals surface area (Å²) < 4.78 is 7.92. The zero-order valence-electron chi connectivity index (χ0n) is 22.0. The number of aryl methyl sites for hydroxylation is 1. The maximum Gasteiger partial charge on any atom is 0.235 e. The summed E-state index contributed by atoms with van der Waals surface area (Å²) in [5.41, 5.74) is 2.89. The Morgan fingerprint density at radius 1 is 1.41 bits per heavy atom. The molecule has 0 spiro atoms. The van der Waals surface area contributed by atoms with Gasteiger partial charge in [-0.2, -0.15) is 5.26 Å². The monoisotopic (exact) mass is 557 g/mol. The number of hydrogen-bond donors (Lipinski definition) is 1. The number of carbonyl (C=O) groups excluding carboxylic acids is 1. The Balaban J connectivity index is 1.39. The zero-order valence-corrected chi connectivity index (χ0v) is 24.4. The van der Waals surface area contributed by atoms with Gasteiger partial charge in [-0.25, -0.2) is 0 Å². The van der Waals surface area contributed by atoms with Crippen LogP contribution in [-0.4, -0.2) is 26.4 Å². The first-order valence-electron chi connectivity index (χ1n) is 12.3. The minimum atomic E-state index is -0.340. The largest absolute Gasteiger partial charge is 0.482 e. The molecule has 1 aliphatic rings. The molecular weight excluding hydrogens is 526 g/mol. The smallest absolute Gasteiger partial charge is 0.235 e. The zero-order chi connectivity index (χ0) is 26.9. The van der Waals surface area contributed by atoms with E-state index < -0.39 is 0 Å². The van der Waals surface area contributed by atoms with Crippen LogP contribution in [0.3, 0.4) is 0 Å². The summed E-state index contributed by atoms with van der Waals surface area (Å²) in [6.07, 6.45) is 2.58. The van der Waals surface area contributed by atoms with Gasteiger partial charge in [0.2, 0.25) is 5.91 Å². The van der Waals surface area contributed by atoms with E-state index in [9.17, 15) is 10.1 Å². The van der Waals surface area contributed by atoms with Crippen LogP contribution in [0.25, 0.3) is 0 Å². The van der Waals surface area contributed by atoms with E-state index in [1.807, 2.05) is 37.6 Å². The third-order valence-corrected chi connectivity index (χ3v) is 9.29. The van der Waals surface area contributed by atoms with E-state index in [1.165, 1.54) is 16.6 Å². The molecule has 3 aromatic rings. The summed E-state index contributed by atoms with van der Waals surface area (Å²) in [6.45, 7) is 10.7. The van der Waals surface area contributed by atoms with E-state index >= 15 is 0 Å². The third kappa shape index (κ3) is 6.14. The second-order valence-corrected chi connectivity index (χ2v) is 13.0. The fraction of sp³-hybridized carbons (Fsp3) is 0.481. The highest BCUT2D eigenvalue weighted by molar-refractivity contribution is 7.99. The number of nitrogens with one attached hydrogen (secondary N) is 1. The van der Waals surface area contributed by atoms with E-state index in [-0.39, 0.29) is 23.2 Å². The molecular formula is C27H32ClN5O2S2. The van der Waals surface area contributed by atoms with Gasteiger partial charge in [0.15, 0.2) is 17.1 Å². The Labute approximate surface area is 231 Å². The standard InChI is InChI=1S/C27H32ClN5O2S2/c1-15-11-18(28)8-10-21(15)35-16(2)24-31-32-26(33(24)6)36-14-23(34)30-25-20(13-29)19-9-7-17(27(3,4)5)12-22(19)37-25/h8,10-11,16-17H,7,9,12,14H2,1-6H3,(H,30,34). The maximum absolute atomic E-state index is 12.8. The molecule has 1 aliphatic carbocycles. The van der Waals surface area contributed by atoms with Crippen LogP contribution in [0.15, 0.2) is 23.4 Å². The van der Waals surface area contributed by atoms with Crippen LogP contribution >= 0.6 is 34.7 Å². The van der Waals surface area contributed by atoms with Crippen molar-refractivity contribution in [1.82, 2.24) is 14.8 Å². The first kappa shape index (κ1) is 27.5. The van der Waals surface area contributed by atoms with Crippen LogP contribution < -0.4 is 10.1 Å². The average molecular weight is 558 g/mol. The molecule has 0 bridgehead atoms. The summed E-state index contributed by atoms with van der Waals surface area (Å²) in [5.74, 6) is 1.95. The highest BCUT2D eigenvalue weighted by Gasteiger charge is 2.32. The molecule has 7 nitrogen and oxygen atoms in total. The number of thioether (sulfide) groups is 1. The van der Waals surface area contributed by atoms with E-state index in [0.717, 1.165) is 36.1 Å². The minimum Gasteiger partial charge on any atom is -0.482 e. The molecule has 37 heavy (non-hydrogen) atoms. The summed E-state index contributed by atoms with van der Waals surface area (Å²) >= 11 is 8.89. The van der Waals surface area contributed by atoms with Crippen molar-refractivity contribution in [2.45, 2.75) is 65.1 Å². The number of ether oxygens (including phenoxy) is 1. The molecule has 2 aromatic heterocycles. The van der Waals surface area contributed by atoms with Crippen molar-refractivity contribution in [3.8, 4) is 11.8 Å². The van der Waals surface area contributed by atoms with Crippen molar-refractivity contribution >= 4 is 45.6 Å². The van der Waals surface area contributed by atoms with Gasteiger partial charge in [-0.05, 0) is 73.8 Å². The Morgan fingerprint density at radius 3 is 2.84 bits per heavy atom. The number of aromatic nitrogens is 3. The molecule has 0 saturated heterocycles. The van der Waals surface area contributed by atoms with E-state index in [0.29, 0.717) is 32.5 Å². The number of halogens is 1. The summed E-state index contributed by atoms with van der Waals surface area (Å²) in [5, 5.41) is 23.3. The van der Waals surface area contributed by atoms with Crippen molar-refractivity contribution in [2.24, 2.45) is 18.4 Å². The molecule has 1 amide bonds. The van der Waals surface area contributed by atoms with Crippen molar-refractivity contribution < 1.29 is 9.53 Å². The number of hydrogen-bond acceptors (Lipinski definition) is 7. The molecule has 0 saturated carbocycles. The van der Waals surface area contributed by atoms with Crippen LogP contribution in [0.5, 0.6) is 5.75 Å². The van der Waals surface area contributed by atoms with Crippen LogP contribution in [0.1, 0.15) is 67.6 Å². The molecule has 1 N–H and O–H groups in total. The van der Waals surface area contributed by atoms with Crippen LogP contribution in [-0.2, 0) is 24.7 Å². The number of nitrogens with zero attached hydrogens (tertiary/aromatic N) is 4. The molecule has 2 unspecified atom stereocenters. The summed E-state index contributed by atoms with van der Waals surface area (Å²) in [4.78, 5) is 14.1. The van der Waals surface area contributed by atoms with Gasteiger partial charge < -0.3 is 14.6 Å². The number of anilines is 1. The number of benzene rings is 1. The highest BCUT2D eigenvalue weighted by Crippen LogP contribution is 2.44. The van der Waals surface area contributed by atoms with Gasteiger partial charge in [0.1, 0.15) is 16.8 Å². The van der Waals surface area contributed by atoms with Gasteiger partial charge in [-0.1, -0.05) is 44.1 Å². The summed E-state index contributed by atoms with van der Waals surface area (Å²) in [7, 11) is 1.86. The number of nitriles is 1. The number of fused-ring (bicyclic) bond motifs is 1. The van der Waals surface area contributed by atoms with E-state index in [1.54, 1.807) is 17.4 Å². The fourth-order valence-corrected chi connectivity index (χ4v) is 6.86. The Kier molecular flexibility index (Phi) is 8.22. The Bertz CT molecular complexity index is 1350. The van der Waals surface area contributed by atoms with Crippen LogP contribution in [0.4, 0.5) is 5.00 Å². The molecule has 196 valence electrons. The van der Waals surface area contributed by atoms with Crippen molar-refractivity contribution in [1.29, 1.82) is 5.26 Å². The molecule has 1 aromatic carbocycles. The van der Waals surface area contributed by atoms with E-state index in [4.69, 9.17) is 16.3 Å². The predicted molar refractivity (Wildman–Crippen MR) is 150 cm³/mol. The van der Waals surface area contributed by atoms with Gasteiger partial charge >= 0.3 is 0 Å². The maximum atomic E-state index is 12.8. The lowest BCUT2D eigenvalue weighted by Gasteiger charge is -2.33. The van der Waals surface area contributed by atoms with Crippen molar-refractivity contribution in [3.05, 3.63) is 50.6 Å².